The summed E-state index contributed by atoms with van der Waals surface area (Å²) in [5.74, 6) is -0.429. The van der Waals surface area contributed by atoms with Crippen LogP contribution in [0.3, 0.4) is 0 Å². The number of nitro groups is 1. The van der Waals surface area contributed by atoms with Crippen LogP contribution < -0.4 is 5.32 Å². The van der Waals surface area contributed by atoms with Crippen LogP contribution in [0.25, 0.3) is 0 Å². The number of hydrogen-bond acceptors (Lipinski definition) is 5. The Hall–Kier alpha value is -1.96. The van der Waals surface area contributed by atoms with Crippen LogP contribution in [0.5, 0.6) is 0 Å². The minimum atomic E-state index is -0.568. The Morgan fingerprint density at radius 1 is 1.27 bits per heavy atom. The summed E-state index contributed by atoms with van der Waals surface area (Å²) in [6, 6.07) is 1.32. The van der Waals surface area contributed by atoms with Crippen molar-refractivity contribution in [2.75, 3.05) is 19.6 Å². The molecule has 1 atom stereocenters. The highest BCUT2D eigenvalue weighted by Gasteiger charge is 2.16. The van der Waals surface area contributed by atoms with Gasteiger partial charge >= 0.3 is 5.82 Å². The standard InChI is InChI=1S/C18H33N5O3/c1-4-6-8-11-21(12-9-7-5-2)14-16(3)19-18(24)15-22-13-10-17(20-22)23(25)26/h10,13,16H,4-9,11-12,14-15H2,1-3H3,(H,19,24). The van der Waals surface area contributed by atoms with Crippen LogP contribution >= 0.6 is 0 Å². The van der Waals surface area contributed by atoms with E-state index in [4.69, 9.17) is 0 Å². The molecule has 0 aliphatic carbocycles. The number of carbonyl (C=O) groups excluding carboxylic acids is 1. The lowest BCUT2D eigenvalue weighted by Gasteiger charge is -2.26. The van der Waals surface area contributed by atoms with Crippen molar-refractivity contribution in [3.05, 3.63) is 22.4 Å². The maximum absolute atomic E-state index is 12.1. The van der Waals surface area contributed by atoms with Crippen molar-refractivity contribution >= 4 is 11.7 Å². The maximum atomic E-state index is 12.1. The van der Waals surface area contributed by atoms with E-state index in [2.05, 4.69) is 29.2 Å². The molecule has 1 N–H and O–H groups in total. The Balaban J connectivity index is 2.43. The fourth-order valence-corrected chi connectivity index (χ4v) is 2.90. The molecule has 26 heavy (non-hydrogen) atoms. The number of nitrogens with zero attached hydrogens (tertiary/aromatic N) is 4. The highest BCUT2D eigenvalue weighted by atomic mass is 16.6. The molecule has 0 bridgehead atoms. The second-order valence-corrected chi connectivity index (χ2v) is 6.81. The highest BCUT2D eigenvalue weighted by molar-refractivity contribution is 5.75. The Morgan fingerprint density at radius 2 is 1.88 bits per heavy atom. The summed E-state index contributed by atoms with van der Waals surface area (Å²) in [5.41, 5.74) is 0. The van der Waals surface area contributed by atoms with Crippen molar-refractivity contribution in [3.63, 3.8) is 0 Å². The molecule has 1 aromatic rings. The summed E-state index contributed by atoms with van der Waals surface area (Å²) in [5, 5.41) is 17.4. The minimum absolute atomic E-state index is 0.0101. The summed E-state index contributed by atoms with van der Waals surface area (Å²) < 4.78 is 1.29. The normalized spacial score (nSPS) is 12.3. The van der Waals surface area contributed by atoms with Gasteiger partial charge in [-0.05, 0) is 37.8 Å². The number of amides is 1. The van der Waals surface area contributed by atoms with E-state index in [0.717, 1.165) is 19.6 Å². The fraction of sp³-hybridized carbons (Fsp3) is 0.778. The summed E-state index contributed by atoms with van der Waals surface area (Å²) in [6.07, 6.45) is 8.66. The summed E-state index contributed by atoms with van der Waals surface area (Å²) >= 11 is 0. The molecule has 0 aliphatic heterocycles. The fourth-order valence-electron chi connectivity index (χ4n) is 2.90. The number of carbonyl (C=O) groups is 1. The molecule has 0 aliphatic rings. The van der Waals surface area contributed by atoms with Crippen molar-refractivity contribution in [1.29, 1.82) is 0 Å². The molecule has 0 saturated carbocycles. The van der Waals surface area contributed by atoms with E-state index in [1.165, 1.54) is 55.5 Å². The van der Waals surface area contributed by atoms with Gasteiger partial charge in [-0.15, -0.1) is 0 Å². The predicted molar refractivity (Wildman–Crippen MR) is 102 cm³/mol. The molecule has 148 valence electrons. The molecule has 0 spiro atoms. The molecular formula is C18H33N5O3. The molecule has 0 aromatic carbocycles. The van der Waals surface area contributed by atoms with Crippen LogP contribution in [-0.4, -0.2) is 51.2 Å². The van der Waals surface area contributed by atoms with Gasteiger partial charge in [0.15, 0.2) is 0 Å². The van der Waals surface area contributed by atoms with Gasteiger partial charge < -0.3 is 20.3 Å². The largest absolute Gasteiger partial charge is 0.389 e. The highest BCUT2D eigenvalue weighted by Crippen LogP contribution is 2.06. The van der Waals surface area contributed by atoms with Gasteiger partial charge in [0, 0.05) is 12.6 Å². The quantitative estimate of drug-likeness (QED) is 0.310. The second-order valence-electron chi connectivity index (χ2n) is 6.81. The van der Waals surface area contributed by atoms with Crippen LogP contribution in [0, 0.1) is 10.1 Å². The van der Waals surface area contributed by atoms with Gasteiger partial charge in [0.05, 0.1) is 17.4 Å². The van der Waals surface area contributed by atoms with E-state index >= 15 is 0 Å². The SMILES string of the molecule is CCCCCN(CCCCC)CC(C)NC(=O)Cn1ccc([N+](=O)[O-])n1. The van der Waals surface area contributed by atoms with Gasteiger partial charge in [-0.2, -0.15) is 4.68 Å². The van der Waals surface area contributed by atoms with E-state index in [9.17, 15) is 14.9 Å². The molecular weight excluding hydrogens is 334 g/mol. The van der Waals surface area contributed by atoms with E-state index in [1.807, 2.05) is 6.92 Å². The molecule has 1 amide bonds. The molecule has 1 aromatic heterocycles. The van der Waals surface area contributed by atoms with Crippen molar-refractivity contribution in [1.82, 2.24) is 20.0 Å². The number of nitrogens with one attached hydrogen (secondary N) is 1. The lowest BCUT2D eigenvalue weighted by atomic mass is 10.2. The Bertz CT molecular complexity index is 537. The first-order chi connectivity index (χ1) is 12.5. The van der Waals surface area contributed by atoms with Crippen LogP contribution in [0.2, 0.25) is 0 Å². The van der Waals surface area contributed by atoms with Gasteiger partial charge in [-0.1, -0.05) is 39.5 Å². The van der Waals surface area contributed by atoms with Crippen LogP contribution in [0.15, 0.2) is 12.3 Å². The first-order valence-electron chi connectivity index (χ1n) is 9.65. The van der Waals surface area contributed by atoms with E-state index in [-0.39, 0.29) is 24.3 Å². The molecule has 0 saturated heterocycles. The van der Waals surface area contributed by atoms with Gasteiger partial charge in [0.2, 0.25) is 5.91 Å². The van der Waals surface area contributed by atoms with Crippen LogP contribution in [-0.2, 0) is 11.3 Å². The second kappa shape index (κ2) is 12.4. The van der Waals surface area contributed by atoms with Crippen LogP contribution in [0.4, 0.5) is 5.82 Å². The third kappa shape index (κ3) is 8.94. The molecule has 1 heterocycles. The minimum Gasteiger partial charge on any atom is -0.358 e. The molecule has 8 heteroatoms. The van der Waals surface area contributed by atoms with Crippen LogP contribution in [0.1, 0.15) is 59.3 Å². The molecule has 0 fully saturated rings. The van der Waals surface area contributed by atoms with Crippen molar-refractivity contribution in [2.45, 2.75) is 71.9 Å². The molecule has 1 rings (SSSR count). The number of aromatic nitrogens is 2. The van der Waals surface area contributed by atoms with Crippen molar-refractivity contribution < 1.29 is 9.72 Å². The van der Waals surface area contributed by atoms with Crippen molar-refractivity contribution in [2.24, 2.45) is 0 Å². The average Bonchev–Trinajstić information content (AvgIpc) is 3.03. The first kappa shape index (κ1) is 22.1. The first-order valence-corrected chi connectivity index (χ1v) is 9.65. The van der Waals surface area contributed by atoms with Crippen molar-refractivity contribution in [3.8, 4) is 0 Å². The Kier molecular flexibility index (Phi) is 10.5. The lowest BCUT2D eigenvalue weighted by molar-refractivity contribution is -0.389. The molecule has 0 radical (unpaired) electrons. The number of unbranched alkanes of at least 4 members (excludes halogenated alkanes) is 4. The predicted octanol–water partition coefficient (Wildman–Crippen LogP) is 2.98. The summed E-state index contributed by atoms with van der Waals surface area (Å²) in [4.78, 5) is 24.6. The zero-order chi connectivity index (χ0) is 19.4. The summed E-state index contributed by atoms with van der Waals surface area (Å²) in [7, 11) is 0. The monoisotopic (exact) mass is 367 g/mol. The molecule has 1 unspecified atom stereocenters. The third-order valence-corrected chi connectivity index (χ3v) is 4.21. The lowest BCUT2D eigenvalue weighted by Crippen LogP contribution is -2.43. The van der Waals surface area contributed by atoms with E-state index in [0.29, 0.717) is 0 Å². The third-order valence-electron chi connectivity index (χ3n) is 4.21. The van der Waals surface area contributed by atoms with Gasteiger partial charge in [-0.3, -0.25) is 4.79 Å². The topological polar surface area (TPSA) is 93.3 Å². The zero-order valence-electron chi connectivity index (χ0n) is 16.3. The van der Waals surface area contributed by atoms with E-state index < -0.39 is 4.92 Å². The van der Waals surface area contributed by atoms with Gasteiger partial charge in [0.1, 0.15) is 6.54 Å². The maximum Gasteiger partial charge on any atom is 0.389 e. The van der Waals surface area contributed by atoms with Gasteiger partial charge in [-0.25, -0.2) is 0 Å². The smallest absolute Gasteiger partial charge is 0.358 e. The Labute approximate surface area is 156 Å². The van der Waals surface area contributed by atoms with Gasteiger partial charge in [0.25, 0.3) is 0 Å². The zero-order valence-corrected chi connectivity index (χ0v) is 16.3. The van der Waals surface area contributed by atoms with E-state index in [1.54, 1.807) is 0 Å². The Morgan fingerprint density at radius 3 is 2.38 bits per heavy atom. The molecule has 8 nitrogen and oxygen atoms in total. The number of rotatable bonds is 14. The average molecular weight is 367 g/mol. The summed E-state index contributed by atoms with van der Waals surface area (Å²) in [6.45, 7) is 9.32. The number of hydrogen-bond donors (Lipinski definition) is 1.